The SMILES string of the molecule is CCN(Cc1ccncc1)C(=O)c1ccc(NC)cn1. The number of nitrogens with one attached hydrogen (secondary N) is 1. The summed E-state index contributed by atoms with van der Waals surface area (Å²) in [5.74, 6) is -0.0630. The van der Waals surface area contributed by atoms with Crippen molar-refractivity contribution in [3.8, 4) is 0 Å². The molecule has 0 aliphatic carbocycles. The van der Waals surface area contributed by atoms with E-state index in [4.69, 9.17) is 0 Å². The van der Waals surface area contributed by atoms with Gasteiger partial charge in [0.1, 0.15) is 5.69 Å². The van der Waals surface area contributed by atoms with Crippen LogP contribution in [0.1, 0.15) is 23.0 Å². The molecule has 20 heavy (non-hydrogen) atoms. The zero-order valence-corrected chi connectivity index (χ0v) is 11.7. The lowest BCUT2D eigenvalue weighted by Crippen LogP contribution is -2.30. The molecule has 1 amide bonds. The molecule has 0 aliphatic heterocycles. The second-order valence-electron chi connectivity index (χ2n) is 4.36. The van der Waals surface area contributed by atoms with Crippen LogP contribution in [0.5, 0.6) is 0 Å². The summed E-state index contributed by atoms with van der Waals surface area (Å²) in [5.41, 5.74) is 2.40. The van der Waals surface area contributed by atoms with Gasteiger partial charge in [0, 0.05) is 32.5 Å². The Kier molecular flexibility index (Phi) is 4.65. The first-order valence-electron chi connectivity index (χ1n) is 6.56. The van der Waals surface area contributed by atoms with Crippen molar-refractivity contribution < 1.29 is 4.79 Å². The van der Waals surface area contributed by atoms with Crippen LogP contribution in [0, 0.1) is 0 Å². The van der Waals surface area contributed by atoms with Crippen LogP contribution in [-0.2, 0) is 6.54 Å². The molecule has 0 aromatic carbocycles. The molecule has 2 aromatic rings. The average Bonchev–Trinajstić information content (AvgIpc) is 2.53. The van der Waals surface area contributed by atoms with E-state index in [1.807, 2.05) is 32.2 Å². The minimum absolute atomic E-state index is 0.0630. The summed E-state index contributed by atoms with van der Waals surface area (Å²) in [7, 11) is 1.82. The minimum atomic E-state index is -0.0630. The smallest absolute Gasteiger partial charge is 0.272 e. The van der Waals surface area contributed by atoms with Crippen molar-refractivity contribution in [3.05, 3.63) is 54.1 Å². The van der Waals surface area contributed by atoms with Gasteiger partial charge in [-0.05, 0) is 36.8 Å². The number of anilines is 1. The normalized spacial score (nSPS) is 10.1. The largest absolute Gasteiger partial charge is 0.387 e. The first kappa shape index (κ1) is 14.0. The van der Waals surface area contributed by atoms with Gasteiger partial charge in [-0.2, -0.15) is 0 Å². The summed E-state index contributed by atoms with van der Waals surface area (Å²) in [4.78, 5) is 22.3. The van der Waals surface area contributed by atoms with Crippen LogP contribution in [-0.4, -0.2) is 34.4 Å². The molecular formula is C15H18N4O. The maximum absolute atomic E-state index is 12.4. The number of amides is 1. The molecule has 0 unspecified atom stereocenters. The van der Waals surface area contributed by atoms with Crippen LogP contribution in [0.3, 0.4) is 0 Å². The molecule has 0 saturated heterocycles. The lowest BCUT2D eigenvalue weighted by atomic mass is 10.2. The van der Waals surface area contributed by atoms with Crippen molar-refractivity contribution in [2.45, 2.75) is 13.5 Å². The van der Waals surface area contributed by atoms with Crippen LogP contribution in [0.25, 0.3) is 0 Å². The predicted molar refractivity (Wildman–Crippen MR) is 78.4 cm³/mol. The Morgan fingerprint density at radius 3 is 2.55 bits per heavy atom. The highest BCUT2D eigenvalue weighted by Gasteiger charge is 2.15. The topological polar surface area (TPSA) is 58.1 Å². The first-order chi connectivity index (χ1) is 9.74. The molecule has 1 N–H and O–H groups in total. The van der Waals surface area contributed by atoms with E-state index in [1.165, 1.54) is 0 Å². The molecular weight excluding hydrogens is 252 g/mol. The Hall–Kier alpha value is -2.43. The van der Waals surface area contributed by atoms with Crippen LogP contribution >= 0.6 is 0 Å². The van der Waals surface area contributed by atoms with Gasteiger partial charge in [-0.25, -0.2) is 4.98 Å². The zero-order valence-electron chi connectivity index (χ0n) is 11.7. The van der Waals surface area contributed by atoms with E-state index in [2.05, 4.69) is 15.3 Å². The Morgan fingerprint density at radius 2 is 2.00 bits per heavy atom. The lowest BCUT2D eigenvalue weighted by Gasteiger charge is -2.20. The molecule has 5 heteroatoms. The number of carbonyl (C=O) groups excluding carboxylic acids is 1. The van der Waals surface area contributed by atoms with Crippen molar-refractivity contribution in [3.63, 3.8) is 0 Å². The van der Waals surface area contributed by atoms with Gasteiger partial charge in [-0.15, -0.1) is 0 Å². The third kappa shape index (κ3) is 3.32. The fourth-order valence-corrected chi connectivity index (χ4v) is 1.87. The fraction of sp³-hybridized carbons (Fsp3) is 0.267. The highest BCUT2D eigenvalue weighted by molar-refractivity contribution is 5.92. The maximum atomic E-state index is 12.4. The minimum Gasteiger partial charge on any atom is -0.387 e. The van der Waals surface area contributed by atoms with E-state index in [1.54, 1.807) is 29.6 Å². The average molecular weight is 270 g/mol. The molecule has 0 fully saturated rings. The van der Waals surface area contributed by atoms with E-state index in [-0.39, 0.29) is 5.91 Å². The van der Waals surface area contributed by atoms with Gasteiger partial charge in [0.25, 0.3) is 5.91 Å². The monoisotopic (exact) mass is 270 g/mol. The van der Waals surface area contributed by atoms with Crippen LogP contribution in [0.4, 0.5) is 5.69 Å². The molecule has 2 heterocycles. The predicted octanol–water partition coefficient (Wildman–Crippen LogP) is 2.18. The second kappa shape index (κ2) is 6.65. The summed E-state index contributed by atoms with van der Waals surface area (Å²) >= 11 is 0. The first-order valence-corrected chi connectivity index (χ1v) is 6.56. The number of carbonyl (C=O) groups is 1. The molecule has 5 nitrogen and oxygen atoms in total. The number of nitrogens with zero attached hydrogens (tertiary/aromatic N) is 3. The van der Waals surface area contributed by atoms with Gasteiger partial charge < -0.3 is 10.2 Å². The van der Waals surface area contributed by atoms with Crippen LogP contribution < -0.4 is 5.32 Å². The van der Waals surface area contributed by atoms with Crippen LogP contribution in [0.15, 0.2) is 42.9 Å². The van der Waals surface area contributed by atoms with Gasteiger partial charge in [-0.1, -0.05) is 0 Å². The van der Waals surface area contributed by atoms with Crippen molar-refractivity contribution in [2.24, 2.45) is 0 Å². The van der Waals surface area contributed by atoms with Crippen molar-refractivity contribution in [1.82, 2.24) is 14.9 Å². The number of pyridine rings is 2. The summed E-state index contributed by atoms with van der Waals surface area (Å²) < 4.78 is 0. The number of hydrogen-bond acceptors (Lipinski definition) is 4. The van der Waals surface area contributed by atoms with E-state index in [9.17, 15) is 4.79 Å². The molecule has 104 valence electrons. The maximum Gasteiger partial charge on any atom is 0.272 e. The molecule has 0 atom stereocenters. The molecule has 0 saturated carbocycles. The Labute approximate surface area is 118 Å². The third-order valence-electron chi connectivity index (χ3n) is 3.06. The Morgan fingerprint density at radius 1 is 1.25 bits per heavy atom. The third-order valence-corrected chi connectivity index (χ3v) is 3.06. The van der Waals surface area contributed by atoms with Gasteiger partial charge in [0.2, 0.25) is 0 Å². The Balaban J connectivity index is 2.12. The molecule has 0 aliphatic rings. The quantitative estimate of drug-likeness (QED) is 0.904. The molecule has 0 spiro atoms. The summed E-state index contributed by atoms with van der Waals surface area (Å²) in [6, 6.07) is 7.41. The Bertz CT molecular complexity index is 554. The fourth-order valence-electron chi connectivity index (χ4n) is 1.87. The zero-order chi connectivity index (χ0) is 14.4. The van der Waals surface area contributed by atoms with E-state index >= 15 is 0 Å². The highest BCUT2D eigenvalue weighted by Crippen LogP contribution is 2.10. The molecule has 2 aromatic heterocycles. The number of rotatable bonds is 5. The number of hydrogen-bond donors (Lipinski definition) is 1. The summed E-state index contributed by atoms with van der Waals surface area (Å²) in [6.07, 6.45) is 5.12. The van der Waals surface area contributed by atoms with Crippen LogP contribution in [0.2, 0.25) is 0 Å². The van der Waals surface area contributed by atoms with E-state index in [0.29, 0.717) is 18.8 Å². The van der Waals surface area contributed by atoms with Gasteiger partial charge in [0.15, 0.2) is 0 Å². The standard InChI is InChI=1S/C15H18N4O/c1-3-19(11-12-6-8-17-9-7-12)15(20)14-5-4-13(16-2)10-18-14/h4-10,16H,3,11H2,1-2H3. The van der Waals surface area contributed by atoms with Crippen molar-refractivity contribution in [2.75, 3.05) is 18.9 Å². The van der Waals surface area contributed by atoms with Gasteiger partial charge in [-0.3, -0.25) is 9.78 Å². The van der Waals surface area contributed by atoms with Crippen molar-refractivity contribution in [1.29, 1.82) is 0 Å². The van der Waals surface area contributed by atoms with Gasteiger partial charge >= 0.3 is 0 Å². The summed E-state index contributed by atoms with van der Waals surface area (Å²) in [6.45, 7) is 3.16. The lowest BCUT2D eigenvalue weighted by molar-refractivity contribution is 0.0746. The molecule has 0 radical (unpaired) electrons. The van der Waals surface area contributed by atoms with E-state index < -0.39 is 0 Å². The van der Waals surface area contributed by atoms with Gasteiger partial charge in [0.05, 0.1) is 11.9 Å². The highest BCUT2D eigenvalue weighted by atomic mass is 16.2. The second-order valence-corrected chi connectivity index (χ2v) is 4.36. The van der Waals surface area contributed by atoms with E-state index in [0.717, 1.165) is 11.3 Å². The van der Waals surface area contributed by atoms with Crippen molar-refractivity contribution >= 4 is 11.6 Å². The number of aromatic nitrogens is 2. The molecule has 0 bridgehead atoms. The summed E-state index contributed by atoms with van der Waals surface area (Å²) in [5, 5.41) is 2.98. The molecule has 2 rings (SSSR count).